The molecule has 0 aliphatic rings. The van der Waals surface area contributed by atoms with Crippen LogP contribution in [0.3, 0.4) is 0 Å². The van der Waals surface area contributed by atoms with E-state index in [4.69, 9.17) is 9.47 Å². The van der Waals surface area contributed by atoms with E-state index in [-0.39, 0.29) is 12.0 Å². The monoisotopic (exact) mass is 244 g/mol. The third-order valence-electron chi connectivity index (χ3n) is 2.77. The first-order valence-electron chi connectivity index (χ1n) is 5.69. The molecule has 0 amide bonds. The molecule has 0 aliphatic carbocycles. The molecule has 3 heteroatoms. The first-order chi connectivity index (χ1) is 8.74. The number of ether oxygens (including phenoxy) is 2. The molecule has 18 heavy (non-hydrogen) atoms. The van der Waals surface area contributed by atoms with Gasteiger partial charge in [-0.25, -0.2) is 0 Å². The molecule has 0 atom stereocenters. The number of aromatic hydroxyl groups is 1. The van der Waals surface area contributed by atoms with Gasteiger partial charge < -0.3 is 14.6 Å². The lowest BCUT2D eigenvalue weighted by Crippen LogP contribution is -2.03. The maximum absolute atomic E-state index is 9.50. The lowest BCUT2D eigenvalue weighted by atomic mass is 10.0. The number of phenols is 1. The van der Waals surface area contributed by atoms with Crippen molar-refractivity contribution in [2.45, 2.75) is 6.29 Å². The van der Waals surface area contributed by atoms with E-state index >= 15 is 0 Å². The van der Waals surface area contributed by atoms with Gasteiger partial charge in [-0.05, 0) is 29.3 Å². The van der Waals surface area contributed by atoms with Gasteiger partial charge in [-0.15, -0.1) is 0 Å². The van der Waals surface area contributed by atoms with Crippen molar-refractivity contribution in [1.82, 2.24) is 0 Å². The van der Waals surface area contributed by atoms with E-state index in [0.717, 1.165) is 16.7 Å². The average Bonchev–Trinajstić information content (AvgIpc) is 2.41. The quantitative estimate of drug-likeness (QED) is 0.838. The number of methoxy groups -OCH3 is 2. The molecule has 2 rings (SSSR count). The molecule has 0 unspecified atom stereocenters. The Morgan fingerprint density at radius 1 is 0.889 bits per heavy atom. The second-order valence-electron chi connectivity index (χ2n) is 3.98. The SMILES string of the molecule is COC(OC)c1cccc(-c2cccc(O)c2)c1. The van der Waals surface area contributed by atoms with Gasteiger partial charge >= 0.3 is 0 Å². The van der Waals surface area contributed by atoms with Crippen LogP contribution in [0.1, 0.15) is 11.9 Å². The highest BCUT2D eigenvalue weighted by molar-refractivity contribution is 5.65. The Bertz CT molecular complexity index is 519. The molecule has 3 nitrogen and oxygen atoms in total. The van der Waals surface area contributed by atoms with E-state index in [1.54, 1.807) is 26.4 Å². The fourth-order valence-electron chi connectivity index (χ4n) is 1.92. The van der Waals surface area contributed by atoms with Crippen LogP contribution >= 0.6 is 0 Å². The van der Waals surface area contributed by atoms with Gasteiger partial charge in [-0.2, -0.15) is 0 Å². The minimum atomic E-state index is -0.373. The molecule has 0 heterocycles. The molecule has 0 saturated heterocycles. The Hall–Kier alpha value is -1.84. The average molecular weight is 244 g/mol. The van der Waals surface area contributed by atoms with Gasteiger partial charge in [0.25, 0.3) is 0 Å². The Kier molecular flexibility index (Phi) is 3.97. The third kappa shape index (κ3) is 2.70. The highest BCUT2D eigenvalue weighted by Gasteiger charge is 2.09. The maximum Gasteiger partial charge on any atom is 0.183 e. The predicted octanol–water partition coefficient (Wildman–Crippen LogP) is 3.35. The lowest BCUT2D eigenvalue weighted by molar-refractivity contribution is -0.105. The van der Waals surface area contributed by atoms with Crippen molar-refractivity contribution in [1.29, 1.82) is 0 Å². The van der Waals surface area contributed by atoms with Gasteiger partial charge in [-0.1, -0.05) is 30.3 Å². The Morgan fingerprint density at radius 2 is 1.50 bits per heavy atom. The van der Waals surface area contributed by atoms with Crippen LogP contribution in [0.4, 0.5) is 0 Å². The number of hydrogen-bond donors (Lipinski definition) is 1. The molecular formula is C15H16O3. The molecule has 0 saturated carbocycles. The third-order valence-corrected chi connectivity index (χ3v) is 2.77. The molecular weight excluding hydrogens is 228 g/mol. The summed E-state index contributed by atoms with van der Waals surface area (Å²) in [6.45, 7) is 0. The number of rotatable bonds is 4. The Morgan fingerprint density at radius 3 is 2.11 bits per heavy atom. The summed E-state index contributed by atoms with van der Waals surface area (Å²) < 4.78 is 10.5. The summed E-state index contributed by atoms with van der Waals surface area (Å²) in [5, 5.41) is 9.50. The van der Waals surface area contributed by atoms with E-state index < -0.39 is 0 Å². The van der Waals surface area contributed by atoms with Crippen molar-refractivity contribution in [3.05, 3.63) is 54.1 Å². The van der Waals surface area contributed by atoms with Crippen LogP contribution < -0.4 is 0 Å². The molecule has 2 aromatic carbocycles. The normalized spacial score (nSPS) is 10.8. The number of hydrogen-bond acceptors (Lipinski definition) is 3. The van der Waals surface area contributed by atoms with E-state index in [9.17, 15) is 5.11 Å². The van der Waals surface area contributed by atoms with Crippen LogP contribution in [0.5, 0.6) is 5.75 Å². The molecule has 0 bridgehead atoms. The van der Waals surface area contributed by atoms with Crippen LogP contribution in [-0.2, 0) is 9.47 Å². The zero-order valence-electron chi connectivity index (χ0n) is 10.5. The van der Waals surface area contributed by atoms with Crippen molar-refractivity contribution in [2.24, 2.45) is 0 Å². The largest absolute Gasteiger partial charge is 0.508 e. The van der Waals surface area contributed by atoms with E-state index in [1.165, 1.54) is 0 Å². The van der Waals surface area contributed by atoms with Crippen molar-refractivity contribution in [2.75, 3.05) is 14.2 Å². The smallest absolute Gasteiger partial charge is 0.183 e. The fourth-order valence-corrected chi connectivity index (χ4v) is 1.92. The van der Waals surface area contributed by atoms with Crippen molar-refractivity contribution in [3.63, 3.8) is 0 Å². The molecule has 0 aromatic heterocycles. The lowest BCUT2D eigenvalue weighted by Gasteiger charge is -2.14. The molecule has 0 aliphatic heterocycles. The van der Waals surface area contributed by atoms with E-state index in [0.29, 0.717) is 0 Å². The summed E-state index contributed by atoms with van der Waals surface area (Å²) in [7, 11) is 3.21. The summed E-state index contributed by atoms with van der Waals surface area (Å²) in [6, 6.07) is 15.0. The van der Waals surface area contributed by atoms with Crippen molar-refractivity contribution in [3.8, 4) is 16.9 Å². The van der Waals surface area contributed by atoms with Crippen LogP contribution in [0.2, 0.25) is 0 Å². The minimum Gasteiger partial charge on any atom is -0.508 e. The number of phenolic OH excluding ortho intramolecular Hbond substituents is 1. The zero-order valence-corrected chi connectivity index (χ0v) is 10.5. The summed E-state index contributed by atoms with van der Waals surface area (Å²) in [6.07, 6.45) is -0.373. The Labute approximate surface area is 107 Å². The van der Waals surface area contributed by atoms with Crippen LogP contribution in [0.25, 0.3) is 11.1 Å². The van der Waals surface area contributed by atoms with Gasteiger partial charge in [0.05, 0.1) is 0 Å². The highest BCUT2D eigenvalue weighted by atomic mass is 16.7. The van der Waals surface area contributed by atoms with E-state index in [1.807, 2.05) is 36.4 Å². The second kappa shape index (κ2) is 5.67. The maximum atomic E-state index is 9.50. The van der Waals surface area contributed by atoms with E-state index in [2.05, 4.69) is 0 Å². The van der Waals surface area contributed by atoms with Crippen LogP contribution in [0.15, 0.2) is 48.5 Å². The summed E-state index contributed by atoms with van der Waals surface area (Å²) in [5.41, 5.74) is 2.92. The summed E-state index contributed by atoms with van der Waals surface area (Å²) in [4.78, 5) is 0. The zero-order chi connectivity index (χ0) is 13.0. The summed E-state index contributed by atoms with van der Waals surface area (Å²) in [5.74, 6) is 0.257. The number of benzene rings is 2. The van der Waals surface area contributed by atoms with Crippen LogP contribution in [0, 0.1) is 0 Å². The van der Waals surface area contributed by atoms with Gasteiger partial charge in [-0.3, -0.25) is 0 Å². The van der Waals surface area contributed by atoms with Crippen LogP contribution in [-0.4, -0.2) is 19.3 Å². The molecule has 2 aromatic rings. The minimum absolute atomic E-state index is 0.257. The van der Waals surface area contributed by atoms with Gasteiger partial charge in [0.15, 0.2) is 6.29 Å². The highest BCUT2D eigenvalue weighted by Crippen LogP contribution is 2.26. The molecule has 0 radical (unpaired) electrons. The molecule has 0 spiro atoms. The second-order valence-corrected chi connectivity index (χ2v) is 3.98. The molecule has 94 valence electrons. The standard InChI is InChI=1S/C15H16O3/c1-17-15(18-2)13-7-3-5-11(9-13)12-6-4-8-14(16)10-12/h3-10,15-16H,1-2H3. The van der Waals surface area contributed by atoms with Crippen molar-refractivity contribution >= 4 is 0 Å². The fraction of sp³-hybridized carbons (Fsp3) is 0.200. The molecule has 1 N–H and O–H groups in total. The summed E-state index contributed by atoms with van der Waals surface area (Å²) >= 11 is 0. The first-order valence-corrected chi connectivity index (χ1v) is 5.69. The predicted molar refractivity (Wildman–Crippen MR) is 70.3 cm³/mol. The van der Waals surface area contributed by atoms with Gasteiger partial charge in [0, 0.05) is 19.8 Å². The van der Waals surface area contributed by atoms with Gasteiger partial charge in [0.1, 0.15) is 5.75 Å². The Balaban J connectivity index is 2.38. The van der Waals surface area contributed by atoms with Crippen molar-refractivity contribution < 1.29 is 14.6 Å². The van der Waals surface area contributed by atoms with Gasteiger partial charge in [0.2, 0.25) is 0 Å². The topological polar surface area (TPSA) is 38.7 Å². The molecule has 0 fully saturated rings. The first kappa shape index (κ1) is 12.6.